The highest BCUT2D eigenvalue weighted by Crippen LogP contribution is 2.52. The molecule has 1 spiro atoms. The number of nitrogens with zero attached hydrogens (tertiary/aromatic N) is 3. The Labute approximate surface area is 205 Å². The molecule has 3 aliphatic heterocycles. The molecule has 2 fully saturated rings. The summed E-state index contributed by atoms with van der Waals surface area (Å²) in [5, 5.41) is 11.4. The summed E-state index contributed by atoms with van der Waals surface area (Å²) in [4.78, 5) is 42.1. The first-order valence-corrected chi connectivity index (χ1v) is 12.5. The third-order valence-corrected chi connectivity index (χ3v) is 8.66. The zero-order valence-electron chi connectivity index (χ0n) is 20.0. The monoisotopic (exact) mass is 491 g/mol. The van der Waals surface area contributed by atoms with Crippen LogP contribution >= 0.6 is 0 Å². The van der Waals surface area contributed by atoms with Crippen LogP contribution in [0.15, 0.2) is 33.9 Å². The van der Waals surface area contributed by atoms with E-state index in [0.29, 0.717) is 34.4 Å². The van der Waals surface area contributed by atoms with Gasteiger partial charge in [0.25, 0.3) is 5.56 Å². The number of esters is 1. The molecular weight excluding hydrogens is 465 g/mol. The number of hydrogen-bond donors (Lipinski definition) is 1. The van der Waals surface area contributed by atoms with Crippen LogP contribution in [-0.4, -0.2) is 44.7 Å². The van der Waals surface area contributed by atoms with E-state index in [4.69, 9.17) is 4.74 Å². The summed E-state index contributed by atoms with van der Waals surface area (Å²) >= 11 is 0. The van der Waals surface area contributed by atoms with Gasteiger partial charge in [-0.15, -0.1) is 0 Å². The largest absolute Gasteiger partial charge is 0.458 e. The summed E-state index contributed by atoms with van der Waals surface area (Å²) in [6, 6.07) is 5.81. The molecule has 0 bridgehead atoms. The number of fused-ring (bicyclic) bond motifs is 5. The van der Waals surface area contributed by atoms with Gasteiger partial charge in [0.15, 0.2) is 11.0 Å². The van der Waals surface area contributed by atoms with Crippen molar-refractivity contribution in [2.45, 2.75) is 51.5 Å². The number of likely N-dealkylation sites (tertiary alicyclic amines) is 1. The second-order valence-corrected chi connectivity index (χ2v) is 10.8. The average Bonchev–Trinajstić information content (AvgIpc) is 3.55. The Morgan fingerprint density at radius 3 is 2.61 bits per heavy atom. The molecule has 1 atom stereocenters. The molecule has 9 heteroatoms. The minimum atomic E-state index is -1.96. The summed E-state index contributed by atoms with van der Waals surface area (Å²) < 4.78 is 22.9. The first kappa shape index (κ1) is 21.9. The van der Waals surface area contributed by atoms with Crippen molar-refractivity contribution in [3.8, 4) is 11.3 Å². The lowest BCUT2D eigenvalue weighted by atomic mass is 9.86. The molecule has 0 amide bonds. The summed E-state index contributed by atoms with van der Waals surface area (Å²) in [6.45, 7) is 5.16. The maximum atomic E-state index is 14.2. The van der Waals surface area contributed by atoms with Gasteiger partial charge >= 0.3 is 5.97 Å². The Morgan fingerprint density at radius 1 is 1.11 bits per heavy atom. The number of benzene rings is 1. The molecule has 3 aromatic rings. The number of rotatable bonds is 4. The predicted octanol–water partition coefficient (Wildman–Crippen LogP) is 2.08. The van der Waals surface area contributed by atoms with E-state index in [-0.39, 0.29) is 41.5 Å². The van der Waals surface area contributed by atoms with Gasteiger partial charge in [-0.2, -0.15) is 0 Å². The van der Waals surface area contributed by atoms with Crippen molar-refractivity contribution < 1.29 is 19.0 Å². The van der Waals surface area contributed by atoms with Gasteiger partial charge in [0.05, 0.1) is 34.6 Å². The minimum absolute atomic E-state index is 0.0269. The van der Waals surface area contributed by atoms with E-state index in [1.165, 1.54) is 29.5 Å². The Hall–Kier alpha value is -3.30. The quantitative estimate of drug-likeness (QED) is 0.440. The lowest BCUT2D eigenvalue weighted by molar-refractivity contribution is -0.172. The first-order valence-electron chi connectivity index (χ1n) is 12.5. The van der Waals surface area contributed by atoms with E-state index in [1.807, 2.05) is 4.57 Å². The van der Waals surface area contributed by atoms with Gasteiger partial charge in [0.1, 0.15) is 12.4 Å². The number of carbonyl (C=O) groups is 1. The molecular formula is C27H26FN3O5. The highest BCUT2D eigenvalue weighted by atomic mass is 19.1. The van der Waals surface area contributed by atoms with E-state index < -0.39 is 22.9 Å². The molecule has 1 aromatic carbocycles. The Balaban J connectivity index is 1.42. The van der Waals surface area contributed by atoms with Crippen molar-refractivity contribution >= 4 is 16.9 Å². The average molecular weight is 492 g/mol. The molecule has 7 rings (SSSR count). The van der Waals surface area contributed by atoms with Crippen molar-refractivity contribution in [2.75, 3.05) is 19.6 Å². The number of ether oxygens (including phenoxy) is 1. The normalized spacial score (nSPS) is 23.2. The number of cyclic esters (lactones) is 1. The third kappa shape index (κ3) is 2.84. The van der Waals surface area contributed by atoms with E-state index in [0.717, 1.165) is 19.6 Å². The van der Waals surface area contributed by atoms with Gasteiger partial charge in [-0.05, 0) is 48.9 Å². The molecule has 1 saturated carbocycles. The molecule has 0 unspecified atom stereocenters. The van der Waals surface area contributed by atoms with Crippen LogP contribution in [0.3, 0.4) is 0 Å². The molecule has 8 nitrogen and oxygen atoms in total. The molecule has 0 radical (unpaired) electrons. The van der Waals surface area contributed by atoms with Crippen molar-refractivity contribution in [1.29, 1.82) is 0 Å². The van der Waals surface area contributed by atoms with Gasteiger partial charge in [-0.3, -0.25) is 9.59 Å². The topological polar surface area (TPSA) is 93.8 Å². The molecule has 2 aromatic heterocycles. The smallest absolute Gasteiger partial charge is 0.343 e. The van der Waals surface area contributed by atoms with Crippen LogP contribution in [0, 0.1) is 11.2 Å². The predicted molar refractivity (Wildman–Crippen MR) is 129 cm³/mol. The summed E-state index contributed by atoms with van der Waals surface area (Å²) in [7, 11) is 0. The molecule has 36 heavy (non-hydrogen) atoms. The zero-order chi connectivity index (χ0) is 25.0. The van der Waals surface area contributed by atoms with Gasteiger partial charge in [-0.25, -0.2) is 9.18 Å². The molecule has 1 aliphatic carbocycles. The van der Waals surface area contributed by atoms with Gasteiger partial charge in [-0.1, -0.05) is 6.92 Å². The van der Waals surface area contributed by atoms with Crippen LogP contribution < -0.4 is 11.0 Å². The fourth-order valence-corrected chi connectivity index (χ4v) is 6.36. The number of aliphatic hydroxyl groups is 1. The second-order valence-electron chi connectivity index (χ2n) is 10.8. The van der Waals surface area contributed by atoms with Crippen molar-refractivity contribution in [2.24, 2.45) is 5.41 Å². The molecule has 1 saturated heterocycles. The van der Waals surface area contributed by atoms with Crippen LogP contribution in [0.25, 0.3) is 22.2 Å². The summed E-state index contributed by atoms with van der Waals surface area (Å²) in [5.41, 5.74) is 0.222. The van der Waals surface area contributed by atoms with Crippen LogP contribution in [0.2, 0.25) is 0 Å². The lowest BCUT2D eigenvalue weighted by Crippen LogP contribution is -2.49. The zero-order valence-corrected chi connectivity index (χ0v) is 20.0. The van der Waals surface area contributed by atoms with Crippen molar-refractivity contribution in [3.05, 3.63) is 67.5 Å². The maximum Gasteiger partial charge on any atom is 0.343 e. The lowest BCUT2D eigenvalue weighted by Gasteiger charge is -2.40. The number of carbonyl (C=O) groups excluding carboxylic acids is 1. The van der Waals surface area contributed by atoms with E-state index in [9.17, 15) is 23.9 Å². The van der Waals surface area contributed by atoms with Crippen molar-refractivity contribution in [3.63, 3.8) is 0 Å². The minimum Gasteiger partial charge on any atom is -0.458 e. The van der Waals surface area contributed by atoms with Crippen LogP contribution in [-0.2, 0) is 34.8 Å². The van der Waals surface area contributed by atoms with Gasteiger partial charge < -0.3 is 23.9 Å². The summed E-state index contributed by atoms with van der Waals surface area (Å²) in [6.07, 6.45) is 2.61. The number of aromatic nitrogens is 2. The molecule has 4 aliphatic rings. The van der Waals surface area contributed by atoms with Crippen molar-refractivity contribution in [1.82, 2.24) is 14.0 Å². The standard InChI is InChI=1S/C27H26FN3O5/c1-2-27(35)18-10-20-22-21(11-31(20)24(33)17(18)12-36-25(27)34)30(8-7-29-13-26(14-29)5-6-26)19-4-3-15(28)9-16(19)23(22)32/h3-4,9-10,35H,2,5-8,11-14H2,1H3/t27-/m0/s1. The Kier molecular flexibility index (Phi) is 4.35. The van der Waals surface area contributed by atoms with E-state index in [1.54, 1.807) is 19.1 Å². The van der Waals surface area contributed by atoms with Gasteiger partial charge in [0, 0.05) is 37.1 Å². The SMILES string of the molecule is CC[C@@]1(O)C(=O)OCc2c1cc1n(c2=O)Cc2c-1c(=O)c1cc(F)ccc1n2CCN1CC2(CC2)C1. The number of hydrogen-bond acceptors (Lipinski definition) is 6. The van der Waals surface area contributed by atoms with E-state index >= 15 is 0 Å². The second kappa shape index (κ2) is 7.14. The fraction of sp³-hybridized carbons (Fsp3) is 0.444. The van der Waals surface area contributed by atoms with Crippen LogP contribution in [0.5, 0.6) is 0 Å². The first-order chi connectivity index (χ1) is 17.2. The van der Waals surface area contributed by atoms with Gasteiger partial charge in [0.2, 0.25) is 0 Å². The maximum absolute atomic E-state index is 14.2. The highest BCUT2D eigenvalue weighted by molar-refractivity contribution is 5.88. The molecule has 1 N–H and O–H groups in total. The number of pyridine rings is 2. The fourth-order valence-electron chi connectivity index (χ4n) is 6.36. The van der Waals surface area contributed by atoms with E-state index in [2.05, 4.69) is 4.90 Å². The number of halogens is 1. The molecule has 5 heterocycles. The van der Waals surface area contributed by atoms with Crippen LogP contribution in [0.4, 0.5) is 4.39 Å². The summed E-state index contributed by atoms with van der Waals surface area (Å²) in [5.74, 6) is -1.31. The molecule has 186 valence electrons. The Morgan fingerprint density at radius 2 is 1.89 bits per heavy atom. The third-order valence-electron chi connectivity index (χ3n) is 8.66. The Bertz CT molecular complexity index is 1610. The van der Waals surface area contributed by atoms with Crippen LogP contribution in [0.1, 0.15) is 43.0 Å². The highest BCUT2D eigenvalue weighted by Gasteiger charge is 2.51.